The molecular formula is C13H14Cl2O2. The highest BCUT2D eigenvalue weighted by molar-refractivity contribution is 6.42. The third-order valence-corrected chi connectivity index (χ3v) is 4.69. The summed E-state index contributed by atoms with van der Waals surface area (Å²) in [5.41, 5.74) is 0.723. The number of hydrogen-bond donors (Lipinski definition) is 1. The van der Waals surface area contributed by atoms with Crippen LogP contribution in [-0.4, -0.2) is 17.3 Å². The molecule has 2 bridgehead atoms. The minimum atomic E-state index is -0.573. The molecule has 4 unspecified atom stereocenters. The fourth-order valence-electron chi connectivity index (χ4n) is 2.99. The lowest BCUT2D eigenvalue weighted by atomic mass is 9.82. The molecule has 0 saturated carbocycles. The summed E-state index contributed by atoms with van der Waals surface area (Å²) in [4.78, 5) is 0. The highest BCUT2D eigenvalue weighted by atomic mass is 35.5. The first-order valence-corrected chi connectivity index (χ1v) is 6.70. The lowest BCUT2D eigenvalue weighted by Crippen LogP contribution is -2.23. The van der Waals surface area contributed by atoms with Gasteiger partial charge in [0.2, 0.25) is 0 Å². The Morgan fingerprint density at radius 1 is 1.29 bits per heavy atom. The molecule has 4 atom stereocenters. The van der Waals surface area contributed by atoms with Gasteiger partial charge in [0.15, 0.2) is 0 Å². The Morgan fingerprint density at radius 2 is 2.12 bits per heavy atom. The smallest absolute Gasteiger partial charge is 0.0858 e. The van der Waals surface area contributed by atoms with E-state index in [1.165, 1.54) is 0 Å². The number of ether oxygens (including phenoxy) is 1. The number of rotatable bonds is 2. The zero-order valence-corrected chi connectivity index (χ0v) is 10.8. The van der Waals surface area contributed by atoms with E-state index >= 15 is 0 Å². The van der Waals surface area contributed by atoms with Gasteiger partial charge in [0.05, 0.1) is 28.4 Å². The molecule has 92 valence electrons. The summed E-state index contributed by atoms with van der Waals surface area (Å²) < 4.78 is 5.76. The molecule has 2 fully saturated rings. The molecule has 2 saturated heterocycles. The van der Waals surface area contributed by atoms with E-state index in [-0.39, 0.29) is 12.0 Å². The molecule has 1 aromatic carbocycles. The fourth-order valence-corrected chi connectivity index (χ4v) is 3.41. The molecule has 2 aliphatic rings. The summed E-state index contributed by atoms with van der Waals surface area (Å²) in [5, 5.41) is 11.4. The Balaban J connectivity index is 1.86. The minimum Gasteiger partial charge on any atom is -0.388 e. The van der Waals surface area contributed by atoms with Crippen molar-refractivity contribution in [1.82, 2.24) is 0 Å². The number of fused-ring (bicyclic) bond motifs is 2. The van der Waals surface area contributed by atoms with E-state index in [0.717, 1.165) is 24.8 Å². The van der Waals surface area contributed by atoms with Gasteiger partial charge in [-0.1, -0.05) is 35.3 Å². The van der Waals surface area contributed by atoms with Crippen molar-refractivity contribution in [3.05, 3.63) is 33.8 Å². The Hall–Kier alpha value is -0.280. The minimum absolute atomic E-state index is 0.157. The first kappa shape index (κ1) is 11.8. The number of hydrogen-bond acceptors (Lipinski definition) is 2. The van der Waals surface area contributed by atoms with Crippen LogP contribution < -0.4 is 0 Å². The van der Waals surface area contributed by atoms with Crippen molar-refractivity contribution in [1.29, 1.82) is 0 Å². The van der Waals surface area contributed by atoms with Gasteiger partial charge in [-0.15, -0.1) is 0 Å². The average molecular weight is 273 g/mol. The first-order valence-electron chi connectivity index (χ1n) is 5.94. The lowest BCUT2D eigenvalue weighted by Gasteiger charge is -2.25. The maximum Gasteiger partial charge on any atom is 0.0858 e. The zero-order valence-electron chi connectivity index (χ0n) is 9.27. The van der Waals surface area contributed by atoms with E-state index in [0.29, 0.717) is 16.1 Å². The Labute approximate surface area is 110 Å². The second-order valence-electron chi connectivity index (χ2n) is 4.86. The third kappa shape index (κ3) is 1.97. The molecule has 2 heterocycles. The van der Waals surface area contributed by atoms with Gasteiger partial charge in [-0.2, -0.15) is 0 Å². The molecule has 0 aliphatic carbocycles. The molecule has 0 spiro atoms. The quantitative estimate of drug-likeness (QED) is 0.892. The predicted octanol–water partition coefficient (Wildman–Crippen LogP) is 3.59. The van der Waals surface area contributed by atoms with Gasteiger partial charge in [0.25, 0.3) is 0 Å². The van der Waals surface area contributed by atoms with Crippen molar-refractivity contribution >= 4 is 23.2 Å². The van der Waals surface area contributed by atoms with E-state index in [4.69, 9.17) is 27.9 Å². The van der Waals surface area contributed by atoms with Crippen LogP contribution >= 0.6 is 23.2 Å². The third-order valence-electron chi connectivity index (χ3n) is 3.86. The fraction of sp³-hybridized carbons (Fsp3) is 0.538. The van der Waals surface area contributed by atoms with Gasteiger partial charge in [-0.05, 0) is 25.3 Å². The van der Waals surface area contributed by atoms with Gasteiger partial charge in [-0.25, -0.2) is 0 Å². The molecule has 4 heteroatoms. The standard InChI is InChI=1S/C13H14Cl2O2/c14-10-3-1-2-8(12(10)15)13(16)9-6-7-4-5-11(9)17-7/h1-3,7,9,11,13,16H,4-6H2. The number of aliphatic hydroxyl groups is 1. The summed E-state index contributed by atoms with van der Waals surface area (Å²) in [6.45, 7) is 0. The zero-order chi connectivity index (χ0) is 12.0. The van der Waals surface area contributed by atoms with Crippen LogP contribution in [0.1, 0.15) is 30.9 Å². The van der Waals surface area contributed by atoms with Crippen LogP contribution in [0.15, 0.2) is 18.2 Å². The highest BCUT2D eigenvalue weighted by Gasteiger charge is 2.44. The molecule has 1 N–H and O–H groups in total. The van der Waals surface area contributed by atoms with Crippen molar-refractivity contribution in [2.75, 3.05) is 0 Å². The van der Waals surface area contributed by atoms with E-state index in [2.05, 4.69) is 0 Å². The second-order valence-corrected chi connectivity index (χ2v) is 5.65. The Bertz CT molecular complexity index is 435. The molecular weight excluding hydrogens is 259 g/mol. The van der Waals surface area contributed by atoms with Crippen molar-refractivity contribution < 1.29 is 9.84 Å². The van der Waals surface area contributed by atoms with E-state index in [1.807, 2.05) is 12.1 Å². The van der Waals surface area contributed by atoms with Crippen molar-refractivity contribution in [2.24, 2.45) is 5.92 Å². The highest BCUT2D eigenvalue weighted by Crippen LogP contribution is 2.46. The monoisotopic (exact) mass is 272 g/mol. The van der Waals surface area contributed by atoms with Crippen LogP contribution in [0.3, 0.4) is 0 Å². The maximum absolute atomic E-state index is 10.4. The van der Waals surface area contributed by atoms with Crippen LogP contribution in [0.5, 0.6) is 0 Å². The van der Waals surface area contributed by atoms with Crippen molar-refractivity contribution in [3.8, 4) is 0 Å². The summed E-state index contributed by atoms with van der Waals surface area (Å²) in [6.07, 6.45) is 3.04. The number of aliphatic hydroxyl groups excluding tert-OH is 1. The molecule has 0 radical (unpaired) electrons. The average Bonchev–Trinajstić information content (AvgIpc) is 2.94. The molecule has 2 nitrogen and oxygen atoms in total. The second kappa shape index (κ2) is 4.43. The van der Waals surface area contributed by atoms with Gasteiger partial charge >= 0.3 is 0 Å². The van der Waals surface area contributed by atoms with Gasteiger partial charge < -0.3 is 9.84 Å². The van der Waals surface area contributed by atoms with Crippen molar-refractivity contribution in [2.45, 2.75) is 37.6 Å². The Kier molecular flexibility index (Phi) is 3.07. The molecule has 2 aliphatic heterocycles. The summed E-state index contributed by atoms with van der Waals surface area (Å²) in [6, 6.07) is 5.39. The predicted molar refractivity (Wildman–Crippen MR) is 67.4 cm³/mol. The SMILES string of the molecule is OC(c1cccc(Cl)c1Cl)C1CC2CCC1O2. The van der Waals surface area contributed by atoms with E-state index < -0.39 is 6.10 Å². The topological polar surface area (TPSA) is 29.5 Å². The lowest BCUT2D eigenvalue weighted by molar-refractivity contribution is 0.0423. The largest absolute Gasteiger partial charge is 0.388 e. The summed E-state index contributed by atoms with van der Waals surface area (Å²) >= 11 is 12.1. The van der Waals surface area contributed by atoms with Gasteiger partial charge in [-0.3, -0.25) is 0 Å². The van der Waals surface area contributed by atoms with Crippen LogP contribution in [0.4, 0.5) is 0 Å². The van der Waals surface area contributed by atoms with Gasteiger partial charge in [0.1, 0.15) is 0 Å². The van der Waals surface area contributed by atoms with E-state index in [1.54, 1.807) is 6.07 Å². The van der Waals surface area contributed by atoms with E-state index in [9.17, 15) is 5.11 Å². The molecule has 1 aromatic rings. The van der Waals surface area contributed by atoms with Gasteiger partial charge in [0, 0.05) is 11.5 Å². The molecule has 3 rings (SSSR count). The van der Waals surface area contributed by atoms with Crippen molar-refractivity contribution in [3.63, 3.8) is 0 Å². The number of halogens is 2. The van der Waals surface area contributed by atoms with Crippen LogP contribution in [0, 0.1) is 5.92 Å². The molecule has 0 amide bonds. The summed E-state index contributed by atoms with van der Waals surface area (Å²) in [5.74, 6) is 0.157. The number of benzene rings is 1. The molecule has 0 aromatic heterocycles. The van der Waals surface area contributed by atoms with Crippen LogP contribution in [0.2, 0.25) is 10.0 Å². The maximum atomic E-state index is 10.4. The normalized spacial score (nSPS) is 33.0. The Morgan fingerprint density at radius 3 is 2.76 bits per heavy atom. The molecule has 17 heavy (non-hydrogen) atoms. The summed E-state index contributed by atoms with van der Waals surface area (Å²) in [7, 11) is 0. The van der Waals surface area contributed by atoms with Crippen LogP contribution in [0.25, 0.3) is 0 Å². The first-order chi connectivity index (χ1) is 8.16. The van der Waals surface area contributed by atoms with Crippen LogP contribution in [-0.2, 0) is 4.74 Å².